The van der Waals surface area contributed by atoms with Gasteiger partial charge in [0.25, 0.3) is 0 Å². The number of carbonyl (C=O) groups excluding carboxylic acids is 1. The molecule has 0 saturated carbocycles. The Morgan fingerprint density at radius 2 is 1.89 bits per heavy atom. The number of thioether (sulfide) groups is 1. The molecule has 0 atom stereocenters. The van der Waals surface area contributed by atoms with E-state index in [0.717, 1.165) is 16.9 Å². The van der Waals surface area contributed by atoms with Crippen LogP contribution >= 0.6 is 11.8 Å². The highest BCUT2D eigenvalue weighted by Crippen LogP contribution is 2.18. The monoisotopic (exact) mass is 381 g/mol. The van der Waals surface area contributed by atoms with Gasteiger partial charge in [-0.05, 0) is 25.5 Å². The van der Waals surface area contributed by atoms with Crippen LogP contribution in [0.15, 0.2) is 53.1 Å². The van der Waals surface area contributed by atoms with Gasteiger partial charge in [0, 0.05) is 18.4 Å². The maximum atomic E-state index is 12.3. The zero-order valence-electron chi connectivity index (χ0n) is 15.8. The number of benzene rings is 2. The third-order valence-electron chi connectivity index (χ3n) is 4.16. The number of aryl methyl sites for hydroxylation is 2. The topological polar surface area (TPSA) is 59.2 Å². The van der Waals surface area contributed by atoms with Gasteiger partial charge in [-0.1, -0.05) is 58.7 Å². The Kier molecular flexibility index (Phi) is 6.29. The van der Waals surface area contributed by atoms with Crippen LogP contribution in [0.2, 0.25) is 0 Å². The molecule has 1 aromatic heterocycles. The standard InChI is InChI=1S/C21H23N3O2S/c1-15-7-9-17(10-8-15)13-27-14-20(25)24(3)12-19-22-21(23-26-19)18-6-4-5-16(2)11-18/h4-11H,12-14H2,1-3H3. The SMILES string of the molecule is Cc1ccc(CSCC(=O)N(C)Cc2nc(-c3cccc(C)c3)no2)cc1. The molecule has 0 spiro atoms. The molecule has 5 nitrogen and oxygen atoms in total. The van der Waals surface area contributed by atoms with Gasteiger partial charge in [0.2, 0.25) is 17.6 Å². The molecule has 0 fully saturated rings. The lowest BCUT2D eigenvalue weighted by Crippen LogP contribution is -2.28. The van der Waals surface area contributed by atoms with E-state index in [1.165, 1.54) is 11.1 Å². The third-order valence-corrected chi connectivity index (χ3v) is 5.15. The average Bonchev–Trinajstić information content (AvgIpc) is 3.12. The molecule has 3 aromatic rings. The molecule has 0 radical (unpaired) electrons. The van der Waals surface area contributed by atoms with Crippen LogP contribution in [0.25, 0.3) is 11.4 Å². The van der Waals surface area contributed by atoms with E-state index in [1.54, 1.807) is 23.7 Å². The largest absolute Gasteiger partial charge is 0.337 e. The van der Waals surface area contributed by atoms with E-state index < -0.39 is 0 Å². The minimum absolute atomic E-state index is 0.0439. The first kappa shape index (κ1) is 19.2. The number of aromatic nitrogens is 2. The number of hydrogen-bond acceptors (Lipinski definition) is 5. The van der Waals surface area contributed by atoms with Crippen LogP contribution in [0.1, 0.15) is 22.6 Å². The second-order valence-corrected chi connectivity index (χ2v) is 7.59. The highest BCUT2D eigenvalue weighted by molar-refractivity contribution is 7.99. The van der Waals surface area contributed by atoms with Crippen LogP contribution in [0.4, 0.5) is 0 Å². The minimum atomic E-state index is 0.0439. The fraction of sp³-hybridized carbons (Fsp3) is 0.286. The molecule has 6 heteroatoms. The Labute approximate surface area is 163 Å². The zero-order chi connectivity index (χ0) is 19.2. The third kappa shape index (κ3) is 5.44. The predicted octanol–water partition coefficient (Wildman–Crippen LogP) is 4.25. The second-order valence-electron chi connectivity index (χ2n) is 6.61. The molecular weight excluding hydrogens is 358 g/mol. The summed E-state index contributed by atoms with van der Waals surface area (Å²) in [4.78, 5) is 18.4. The maximum absolute atomic E-state index is 12.3. The highest BCUT2D eigenvalue weighted by atomic mass is 32.2. The van der Waals surface area contributed by atoms with Gasteiger partial charge in [0.05, 0.1) is 12.3 Å². The van der Waals surface area contributed by atoms with E-state index in [-0.39, 0.29) is 5.91 Å². The van der Waals surface area contributed by atoms with E-state index in [4.69, 9.17) is 4.52 Å². The summed E-state index contributed by atoms with van der Waals surface area (Å²) >= 11 is 1.61. The first-order valence-corrected chi connectivity index (χ1v) is 9.93. The first-order chi connectivity index (χ1) is 13.0. The normalized spacial score (nSPS) is 10.8. The van der Waals surface area contributed by atoms with Crippen molar-refractivity contribution < 1.29 is 9.32 Å². The summed E-state index contributed by atoms with van der Waals surface area (Å²) in [5.74, 6) is 2.26. The molecule has 2 aromatic carbocycles. The Hall–Kier alpha value is -2.60. The Morgan fingerprint density at radius 1 is 1.11 bits per heavy atom. The minimum Gasteiger partial charge on any atom is -0.337 e. The van der Waals surface area contributed by atoms with Crippen molar-refractivity contribution in [1.29, 1.82) is 0 Å². The quantitative estimate of drug-likeness (QED) is 0.612. The summed E-state index contributed by atoms with van der Waals surface area (Å²) in [7, 11) is 1.76. The van der Waals surface area contributed by atoms with E-state index in [1.807, 2.05) is 31.2 Å². The molecule has 0 N–H and O–H groups in total. The fourth-order valence-electron chi connectivity index (χ4n) is 2.56. The number of rotatable bonds is 7. The summed E-state index contributed by atoms with van der Waals surface area (Å²) in [5, 5.41) is 4.02. The van der Waals surface area contributed by atoms with Gasteiger partial charge in [-0.15, -0.1) is 11.8 Å². The first-order valence-electron chi connectivity index (χ1n) is 8.78. The highest BCUT2D eigenvalue weighted by Gasteiger charge is 2.15. The number of amides is 1. The van der Waals surface area contributed by atoms with Crippen molar-refractivity contribution in [3.63, 3.8) is 0 Å². The smallest absolute Gasteiger partial charge is 0.246 e. The van der Waals surface area contributed by atoms with E-state index in [0.29, 0.717) is 24.0 Å². The van der Waals surface area contributed by atoms with Gasteiger partial charge in [-0.3, -0.25) is 4.79 Å². The van der Waals surface area contributed by atoms with Crippen molar-refractivity contribution >= 4 is 17.7 Å². The van der Waals surface area contributed by atoms with Crippen molar-refractivity contribution in [2.24, 2.45) is 0 Å². The molecule has 0 aliphatic rings. The molecule has 27 heavy (non-hydrogen) atoms. The number of nitrogens with zero attached hydrogens (tertiary/aromatic N) is 3. The van der Waals surface area contributed by atoms with Gasteiger partial charge in [0.15, 0.2) is 0 Å². The summed E-state index contributed by atoms with van der Waals surface area (Å²) in [5.41, 5.74) is 4.51. The van der Waals surface area contributed by atoms with E-state index in [2.05, 4.69) is 41.3 Å². The van der Waals surface area contributed by atoms with Crippen LogP contribution in [-0.4, -0.2) is 33.7 Å². The van der Waals surface area contributed by atoms with Gasteiger partial charge in [0.1, 0.15) is 0 Å². The van der Waals surface area contributed by atoms with Gasteiger partial charge in [-0.25, -0.2) is 0 Å². The molecule has 0 bridgehead atoms. The van der Waals surface area contributed by atoms with Crippen molar-refractivity contribution in [3.05, 3.63) is 71.1 Å². The summed E-state index contributed by atoms with van der Waals surface area (Å²) in [6.07, 6.45) is 0. The summed E-state index contributed by atoms with van der Waals surface area (Å²) < 4.78 is 5.30. The van der Waals surface area contributed by atoms with Gasteiger partial charge in [-0.2, -0.15) is 4.98 Å². The summed E-state index contributed by atoms with van der Waals surface area (Å²) in [6.45, 7) is 4.39. The lowest BCUT2D eigenvalue weighted by Gasteiger charge is -2.14. The number of hydrogen-bond donors (Lipinski definition) is 0. The fourth-order valence-corrected chi connectivity index (χ4v) is 3.49. The molecule has 0 aliphatic carbocycles. The van der Waals surface area contributed by atoms with Gasteiger partial charge >= 0.3 is 0 Å². The molecule has 1 amide bonds. The zero-order valence-corrected chi connectivity index (χ0v) is 16.6. The molecule has 1 heterocycles. The van der Waals surface area contributed by atoms with Crippen molar-refractivity contribution in [3.8, 4) is 11.4 Å². The van der Waals surface area contributed by atoms with E-state index in [9.17, 15) is 4.79 Å². The van der Waals surface area contributed by atoms with Crippen LogP contribution in [0.5, 0.6) is 0 Å². The Bertz CT molecular complexity index is 906. The second kappa shape index (κ2) is 8.86. The van der Waals surface area contributed by atoms with Crippen molar-refractivity contribution in [2.45, 2.75) is 26.1 Å². The maximum Gasteiger partial charge on any atom is 0.246 e. The molecule has 3 rings (SSSR count). The van der Waals surface area contributed by atoms with Crippen molar-refractivity contribution in [1.82, 2.24) is 15.0 Å². The average molecular weight is 382 g/mol. The molecule has 0 aliphatic heterocycles. The van der Waals surface area contributed by atoms with Crippen LogP contribution in [0.3, 0.4) is 0 Å². The lowest BCUT2D eigenvalue weighted by molar-refractivity contribution is -0.127. The summed E-state index contributed by atoms with van der Waals surface area (Å²) in [6, 6.07) is 16.3. The van der Waals surface area contributed by atoms with Crippen LogP contribution in [-0.2, 0) is 17.1 Å². The van der Waals surface area contributed by atoms with Crippen LogP contribution < -0.4 is 0 Å². The number of carbonyl (C=O) groups is 1. The lowest BCUT2D eigenvalue weighted by atomic mass is 10.1. The Balaban J connectivity index is 1.50. The Morgan fingerprint density at radius 3 is 2.63 bits per heavy atom. The van der Waals surface area contributed by atoms with Crippen LogP contribution in [0, 0.1) is 13.8 Å². The molecule has 0 saturated heterocycles. The molecule has 140 valence electrons. The van der Waals surface area contributed by atoms with E-state index >= 15 is 0 Å². The molecular formula is C21H23N3O2S. The van der Waals surface area contributed by atoms with Gasteiger partial charge < -0.3 is 9.42 Å². The van der Waals surface area contributed by atoms with Crippen molar-refractivity contribution in [2.75, 3.05) is 12.8 Å². The molecule has 0 unspecified atom stereocenters. The predicted molar refractivity (Wildman–Crippen MR) is 108 cm³/mol.